The molecule has 0 unspecified atom stereocenters. The summed E-state index contributed by atoms with van der Waals surface area (Å²) in [6, 6.07) is 31.2. The van der Waals surface area contributed by atoms with Crippen molar-refractivity contribution in [3.8, 4) is 17.2 Å². The fourth-order valence-corrected chi connectivity index (χ4v) is 4.68. The van der Waals surface area contributed by atoms with Crippen LogP contribution in [0.4, 0.5) is 11.4 Å². The molecule has 0 amide bonds. The molecule has 0 aliphatic rings. The number of hydrogen-bond acceptors (Lipinski definition) is 6. The topological polar surface area (TPSA) is 77.1 Å². The van der Waals surface area contributed by atoms with Gasteiger partial charge in [0.05, 0.1) is 11.9 Å². The minimum absolute atomic E-state index is 0.195. The number of hydrogen-bond donors (Lipinski definition) is 1. The van der Waals surface area contributed by atoms with Crippen molar-refractivity contribution in [2.75, 3.05) is 29.8 Å². The third-order valence-corrected chi connectivity index (χ3v) is 6.45. The zero-order chi connectivity index (χ0) is 27.0. The molecule has 8 heteroatoms. The van der Waals surface area contributed by atoms with Gasteiger partial charge in [-0.3, -0.25) is 4.72 Å². The minimum atomic E-state index is -3.39. The van der Waals surface area contributed by atoms with Crippen LogP contribution in [0.5, 0.6) is 17.2 Å². The number of methoxy groups -OCH3 is 1. The van der Waals surface area contributed by atoms with Crippen LogP contribution in [-0.4, -0.2) is 28.6 Å². The molecule has 0 bridgehead atoms. The molecule has 0 spiro atoms. The molecule has 0 aliphatic carbocycles. The quantitative estimate of drug-likeness (QED) is 0.214. The molecule has 4 aromatic carbocycles. The van der Waals surface area contributed by atoms with Gasteiger partial charge in [-0.25, -0.2) is 8.42 Å². The van der Waals surface area contributed by atoms with Gasteiger partial charge in [0.15, 0.2) is 6.79 Å². The standard InChI is InChI=1S/C30H32N2O5S/c1-23-29(31-38(3,33)34)10-7-11-30(23)32(20-24-8-5-4-6-9-24)21-25-12-14-27(15-13-25)37-28-18-16-26(17-19-28)36-22-35-2/h4-19,31H,20-22H2,1-3H3. The van der Waals surface area contributed by atoms with Crippen LogP contribution in [0, 0.1) is 6.92 Å². The maximum absolute atomic E-state index is 11.9. The Balaban J connectivity index is 1.53. The van der Waals surface area contributed by atoms with E-state index < -0.39 is 10.0 Å². The molecule has 0 saturated heterocycles. The molecule has 0 aliphatic heterocycles. The summed E-state index contributed by atoms with van der Waals surface area (Å²) < 4.78 is 42.7. The molecule has 38 heavy (non-hydrogen) atoms. The van der Waals surface area contributed by atoms with Crippen LogP contribution >= 0.6 is 0 Å². The number of nitrogens with zero attached hydrogens (tertiary/aromatic N) is 1. The predicted octanol–water partition coefficient (Wildman–Crippen LogP) is 6.35. The molecule has 1 N–H and O–H groups in total. The molecule has 0 saturated carbocycles. The van der Waals surface area contributed by atoms with E-state index >= 15 is 0 Å². The largest absolute Gasteiger partial charge is 0.468 e. The lowest BCUT2D eigenvalue weighted by Gasteiger charge is -2.28. The Morgan fingerprint density at radius 2 is 1.32 bits per heavy atom. The third kappa shape index (κ3) is 7.74. The van der Waals surface area contributed by atoms with E-state index in [1.807, 2.05) is 85.8 Å². The minimum Gasteiger partial charge on any atom is -0.468 e. The SMILES string of the molecule is COCOc1ccc(Oc2ccc(CN(Cc3ccccc3)c3cccc(NS(C)(=O)=O)c3C)cc2)cc1. The van der Waals surface area contributed by atoms with Crippen molar-refractivity contribution >= 4 is 21.4 Å². The molecule has 4 aromatic rings. The second-order valence-corrected chi connectivity index (χ2v) is 10.7. The van der Waals surface area contributed by atoms with Gasteiger partial charge >= 0.3 is 0 Å². The zero-order valence-electron chi connectivity index (χ0n) is 21.8. The summed E-state index contributed by atoms with van der Waals surface area (Å²) in [5.74, 6) is 2.14. The van der Waals surface area contributed by atoms with Crippen LogP contribution in [0.3, 0.4) is 0 Å². The Hall–Kier alpha value is -4.01. The smallest absolute Gasteiger partial charge is 0.229 e. The summed E-state index contributed by atoms with van der Waals surface area (Å²) in [4.78, 5) is 2.24. The van der Waals surface area contributed by atoms with Gasteiger partial charge in [-0.1, -0.05) is 48.5 Å². The molecule has 4 rings (SSSR count). The number of nitrogens with one attached hydrogen (secondary N) is 1. The molecule has 0 radical (unpaired) electrons. The van der Waals surface area contributed by atoms with Gasteiger partial charge in [-0.15, -0.1) is 0 Å². The molecule has 0 heterocycles. The number of sulfonamides is 1. The second-order valence-electron chi connectivity index (χ2n) is 8.93. The Bertz CT molecular complexity index is 1420. The Morgan fingerprint density at radius 1 is 0.737 bits per heavy atom. The highest BCUT2D eigenvalue weighted by Crippen LogP contribution is 2.31. The van der Waals surface area contributed by atoms with Gasteiger partial charge in [-0.2, -0.15) is 0 Å². The highest BCUT2D eigenvalue weighted by Gasteiger charge is 2.15. The molecular formula is C30H32N2O5S. The maximum atomic E-state index is 11.9. The highest BCUT2D eigenvalue weighted by molar-refractivity contribution is 7.92. The van der Waals surface area contributed by atoms with Crippen molar-refractivity contribution in [3.63, 3.8) is 0 Å². The number of benzene rings is 4. The molecule has 198 valence electrons. The fraction of sp³-hybridized carbons (Fsp3) is 0.200. The Kier molecular flexibility index (Phi) is 8.89. The zero-order valence-corrected chi connectivity index (χ0v) is 22.6. The lowest BCUT2D eigenvalue weighted by molar-refractivity contribution is 0.0511. The average Bonchev–Trinajstić information content (AvgIpc) is 2.90. The maximum Gasteiger partial charge on any atom is 0.229 e. The van der Waals surface area contributed by atoms with Crippen molar-refractivity contribution in [2.45, 2.75) is 20.0 Å². The number of rotatable bonds is 12. The summed E-state index contributed by atoms with van der Waals surface area (Å²) in [5, 5.41) is 0. The summed E-state index contributed by atoms with van der Waals surface area (Å²) in [7, 11) is -1.81. The van der Waals surface area contributed by atoms with Crippen LogP contribution in [0.2, 0.25) is 0 Å². The summed E-state index contributed by atoms with van der Waals surface area (Å²) in [6.07, 6.45) is 1.16. The first kappa shape index (κ1) is 27.0. The van der Waals surface area contributed by atoms with Crippen molar-refractivity contribution < 1.29 is 22.6 Å². The first-order valence-electron chi connectivity index (χ1n) is 12.2. The molecule has 0 fully saturated rings. The van der Waals surface area contributed by atoms with Gasteiger partial charge in [0.25, 0.3) is 0 Å². The highest BCUT2D eigenvalue weighted by atomic mass is 32.2. The van der Waals surface area contributed by atoms with Crippen LogP contribution in [0.1, 0.15) is 16.7 Å². The Morgan fingerprint density at radius 3 is 1.92 bits per heavy atom. The van der Waals surface area contributed by atoms with E-state index in [2.05, 4.69) is 21.8 Å². The van der Waals surface area contributed by atoms with Gasteiger partial charge < -0.3 is 19.1 Å². The first-order chi connectivity index (χ1) is 18.3. The van der Waals surface area contributed by atoms with E-state index in [0.717, 1.165) is 34.4 Å². The van der Waals surface area contributed by atoms with E-state index in [9.17, 15) is 8.42 Å². The fourth-order valence-electron chi connectivity index (χ4n) is 4.06. The Labute approximate surface area is 224 Å². The second kappa shape index (κ2) is 12.5. The van der Waals surface area contributed by atoms with Crippen molar-refractivity contribution in [1.82, 2.24) is 0 Å². The van der Waals surface area contributed by atoms with Crippen LogP contribution in [0.25, 0.3) is 0 Å². The van der Waals surface area contributed by atoms with Gasteiger partial charge in [-0.05, 0) is 72.1 Å². The van der Waals surface area contributed by atoms with Crippen LogP contribution in [0.15, 0.2) is 97.1 Å². The number of anilines is 2. The predicted molar refractivity (Wildman–Crippen MR) is 151 cm³/mol. The lowest BCUT2D eigenvalue weighted by atomic mass is 10.1. The molecular weight excluding hydrogens is 500 g/mol. The van der Waals surface area contributed by atoms with Gasteiger partial charge in [0.2, 0.25) is 10.0 Å². The monoisotopic (exact) mass is 532 g/mol. The summed E-state index contributed by atoms with van der Waals surface area (Å²) in [5.41, 5.74) is 4.65. The molecule has 7 nitrogen and oxygen atoms in total. The summed E-state index contributed by atoms with van der Waals surface area (Å²) in [6.45, 7) is 3.42. The molecule has 0 atom stereocenters. The lowest BCUT2D eigenvalue weighted by Crippen LogP contribution is -2.23. The van der Waals surface area contributed by atoms with Crippen LogP contribution < -0.4 is 19.1 Å². The number of ether oxygens (including phenoxy) is 3. The average molecular weight is 533 g/mol. The normalized spacial score (nSPS) is 11.1. The van der Waals surface area contributed by atoms with Crippen molar-refractivity contribution in [2.24, 2.45) is 0 Å². The van der Waals surface area contributed by atoms with Gasteiger partial charge in [0, 0.05) is 25.9 Å². The van der Waals surface area contributed by atoms with Crippen molar-refractivity contribution in [3.05, 3.63) is 114 Å². The van der Waals surface area contributed by atoms with E-state index in [-0.39, 0.29) is 6.79 Å². The van der Waals surface area contributed by atoms with E-state index in [1.54, 1.807) is 13.2 Å². The van der Waals surface area contributed by atoms with E-state index in [0.29, 0.717) is 30.3 Å². The summed E-state index contributed by atoms with van der Waals surface area (Å²) >= 11 is 0. The first-order valence-corrected chi connectivity index (χ1v) is 14.0. The third-order valence-electron chi connectivity index (χ3n) is 5.86. The van der Waals surface area contributed by atoms with Crippen LogP contribution in [-0.2, 0) is 27.8 Å². The van der Waals surface area contributed by atoms with E-state index in [1.165, 1.54) is 0 Å². The van der Waals surface area contributed by atoms with E-state index in [4.69, 9.17) is 14.2 Å². The van der Waals surface area contributed by atoms with Crippen molar-refractivity contribution in [1.29, 1.82) is 0 Å². The van der Waals surface area contributed by atoms with Gasteiger partial charge in [0.1, 0.15) is 17.2 Å². The molecule has 0 aromatic heterocycles.